The summed E-state index contributed by atoms with van der Waals surface area (Å²) in [5, 5.41) is 0. The fourth-order valence-corrected chi connectivity index (χ4v) is 4.27. The third-order valence-electron chi connectivity index (χ3n) is 5.25. The van der Waals surface area contributed by atoms with Crippen LogP contribution in [0, 0.1) is 0 Å². The Hall–Kier alpha value is -2.07. The van der Waals surface area contributed by atoms with Crippen molar-refractivity contribution in [2.75, 3.05) is 37.3 Å². The molecule has 0 amide bonds. The number of nitrogens with zero attached hydrogens (tertiary/aromatic N) is 1. The standard InChI is InChI=1S/C19H18ClNO3/c20-6-3-7-21-10-19(13-4-1-2-5-15(13)21)11-22-16-9-18-17(8-14(16)19)23-12-24-18/h1-2,4-5,8-9H,3,6-7,10-12H2. The molecule has 2 aromatic carbocycles. The van der Waals surface area contributed by atoms with Crippen molar-refractivity contribution >= 4 is 17.3 Å². The first-order chi connectivity index (χ1) is 11.8. The molecule has 3 aliphatic rings. The number of fused-ring (bicyclic) bond motifs is 5. The van der Waals surface area contributed by atoms with Crippen molar-refractivity contribution in [3.8, 4) is 17.2 Å². The highest BCUT2D eigenvalue weighted by Crippen LogP contribution is 2.54. The maximum Gasteiger partial charge on any atom is 0.231 e. The lowest BCUT2D eigenvalue weighted by Crippen LogP contribution is -2.36. The summed E-state index contributed by atoms with van der Waals surface area (Å²) in [4.78, 5) is 2.43. The number of benzene rings is 2. The minimum Gasteiger partial charge on any atom is -0.492 e. The predicted molar refractivity (Wildman–Crippen MR) is 92.8 cm³/mol. The second kappa shape index (κ2) is 5.21. The van der Waals surface area contributed by atoms with Crippen LogP contribution in [-0.4, -0.2) is 32.4 Å². The van der Waals surface area contributed by atoms with Crippen molar-refractivity contribution < 1.29 is 14.2 Å². The minimum atomic E-state index is -0.140. The van der Waals surface area contributed by atoms with Crippen molar-refractivity contribution in [3.63, 3.8) is 0 Å². The van der Waals surface area contributed by atoms with Crippen LogP contribution < -0.4 is 19.1 Å². The Morgan fingerprint density at radius 2 is 1.83 bits per heavy atom. The van der Waals surface area contributed by atoms with Gasteiger partial charge in [0.05, 0.1) is 5.41 Å². The molecule has 0 aromatic heterocycles. The van der Waals surface area contributed by atoms with Gasteiger partial charge in [0.2, 0.25) is 6.79 Å². The molecule has 3 heterocycles. The highest BCUT2D eigenvalue weighted by Gasteiger charge is 2.50. The molecule has 1 unspecified atom stereocenters. The molecule has 5 rings (SSSR count). The van der Waals surface area contributed by atoms with Crippen LogP contribution in [0.25, 0.3) is 0 Å². The average Bonchev–Trinajstić information content (AvgIpc) is 3.29. The molecule has 0 aliphatic carbocycles. The Bertz CT molecular complexity index is 809. The van der Waals surface area contributed by atoms with Crippen LogP contribution in [0.1, 0.15) is 17.5 Å². The number of halogens is 1. The fraction of sp³-hybridized carbons (Fsp3) is 0.368. The third kappa shape index (κ3) is 1.86. The topological polar surface area (TPSA) is 30.9 Å². The van der Waals surface area contributed by atoms with Crippen LogP contribution >= 0.6 is 11.6 Å². The Labute approximate surface area is 145 Å². The third-order valence-corrected chi connectivity index (χ3v) is 5.51. The predicted octanol–water partition coefficient (Wildman–Crippen LogP) is 3.54. The molecule has 2 aromatic rings. The van der Waals surface area contributed by atoms with E-state index in [9.17, 15) is 0 Å². The summed E-state index contributed by atoms with van der Waals surface area (Å²) in [6.07, 6.45) is 0.973. The van der Waals surface area contributed by atoms with Gasteiger partial charge in [0.25, 0.3) is 0 Å². The number of ether oxygens (including phenoxy) is 3. The fourth-order valence-electron chi connectivity index (χ4n) is 4.15. The molecular formula is C19H18ClNO3. The van der Waals surface area contributed by atoms with E-state index in [1.165, 1.54) is 16.8 Å². The summed E-state index contributed by atoms with van der Waals surface area (Å²) in [6.45, 7) is 2.81. The number of hydrogen-bond donors (Lipinski definition) is 0. The number of para-hydroxylation sites is 1. The van der Waals surface area contributed by atoms with Crippen molar-refractivity contribution in [1.29, 1.82) is 0 Å². The van der Waals surface area contributed by atoms with Gasteiger partial charge < -0.3 is 19.1 Å². The number of hydrogen-bond acceptors (Lipinski definition) is 4. The van der Waals surface area contributed by atoms with Gasteiger partial charge in [-0.15, -0.1) is 11.6 Å². The average molecular weight is 344 g/mol. The summed E-state index contributed by atoms with van der Waals surface area (Å²) in [6, 6.07) is 12.7. The van der Waals surface area contributed by atoms with Crippen LogP contribution in [0.5, 0.6) is 17.2 Å². The van der Waals surface area contributed by atoms with E-state index >= 15 is 0 Å². The molecule has 0 saturated carbocycles. The maximum atomic E-state index is 6.08. The second-order valence-corrected chi connectivity index (χ2v) is 6.93. The summed E-state index contributed by atoms with van der Waals surface area (Å²) in [5.41, 5.74) is 3.68. The lowest BCUT2D eigenvalue weighted by molar-refractivity contribution is 0.173. The highest BCUT2D eigenvalue weighted by atomic mass is 35.5. The molecule has 3 aliphatic heterocycles. The van der Waals surface area contributed by atoms with Crippen LogP contribution in [0.2, 0.25) is 0 Å². The first-order valence-electron chi connectivity index (χ1n) is 8.29. The Balaban J connectivity index is 1.63. The first kappa shape index (κ1) is 14.3. The van der Waals surface area contributed by atoms with E-state index in [0.717, 1.165) is 36.8 Å². The van der Waals surface area contributed by atoms with Gasteiger partial charge in [-0.05, 0) is 24.1 Å². The molecule has 124 valence electrons. The van der Waals surface area contributed by atoms with Gasteiger partial charge >= 0.3 is 0 Å². The van der Waals surface area contributed by atoms with Crippen molar-refractivity contribution in [2.24, 2.45) is 0 Å². The summed E-state index contributed by atoms with van der Waals surface area (Å²) >= 11 is 5.92. The van der Waals surface area contributed by atoms with Gasteiger partial charge in [0.1, 0.15) is 12.4 Å². The quantitative estimate of drug-likeness (QED) is 0.798. The van der Waals surface area contributed by atoms with Crippen molar-refractivity contribution in [1.82, 2.24) is 0 Å². The Morgan fingerprint density at radius 3 is 2.71 bits per heavy atom. The van der Waals surface area contributed by atoms with E-state index in [2.05, 4.69) is 35.2 Å². The molecule has 0 radical (unpaired) electrons. The van der Waals surface area contributed by atoms with Crippen molar-refractivity contribution in [2.45, 2.75) is 11.8 Å². The number of anilines is 1. The van der Waals surface area contributed by atoms with Crippen LogP contribution in [-0.2, 0) is 5.41 Å². The van der Waals surface area contributed by atoms with E-state index in [4.69, 9.17) is 25.8 Å². The van der Waals surface area contributed by atoms with Gasteiger partial charge in [-0.25, -0.2) is 0 Å². The maximum absolute atomic E-state index is 6.08. The normalized spacial score (nSPS) is 22.6. The van der Waals surface area contributed by atoms with Gasteiger partial charge in [-0.1, -0.05) is 18.2 Å². The zero-order chi connectivity index (χ0) is 16.1. The van der Waals surface area contributed by atoms with Crippen LogP contribution in [0.3, 0.4) is 0 Å². The van der Waals surface area contributed by atoms with Gasteiger partial charge in [0, 0.05) is 36.3 Å². The van der Waals surface area contributed by atoms with E-state index in [1.807, 2.05) is 6.07 Å². The Morgan fingerprint density at radius 1 is 1.00 bits per heavy atom. The molecule has 0 saturated heterocycles. The summed E-state index contributed by atoms with van der Waals surface area (Å²) < 4.78 is 17.2. The molecule has 1 spiro atoms. The SMILES string of the molecule is ClCCCN1CC2(COc3cc4c(cc32)OCO4)c2ccccc21. The van der Waals surface area contributed by atoms with E-state index in [-0.39, 0.29) is 12.2 Å². The molecule has 5 heteroatoms. The largest absolute Gasteiger partial charge is 0.492 e. The first-order valence-corrected chi connectivity index (χ1v) is 8.83. The smallest absolute Gasteiger partial charge is 0.231 e. The zero-order valence-corrected chi connectivity index (χ0v) is 14.0. The molecule has 0 fully saturated rings. The van der Waals surface area contributed by atoms with Crippen LogP contribution in [0.15, 0.2) is 36.4 Å². The number of alkyl halides is 1. The monoisotopic (exact) mass is 343 g/mol. The van der Waals surface area contributed by atoms with E-state index < -0.39 is 0 Å². The van der Waals surface area contributed by atoms with Crippen LogP contribution in [0.4, 0.5) is 5.69 Å². The lowest BCUT2D eigenvalue weighted by Gasteiger charge is -2.25. The molecule has 0 N–H and O–H groups in total. The van der Waals surface area contributed by atoms with E-state index in [0.29, 0.717) is 12.5 Å². The second-order valence-electron chi connectivity index (χ2n) is 6.55. The van der Waals surface area contributed by atoms with Gasteiger partial charge in [0.15, 0.2) is 11.5 Å². The minimum absolute atomic E-state index is 0.140. The molecular weight excluding hydrogens is 326 g/mol. The molecule has 0 bridgehead atoms. The van der Waals surface area contributed by atoms with Crippen molar-refractivity contribution in [3.05, 3.63) is 47.5 Å². The molecule has 4 nitrogen and oxygen atoms in total. The summed E-state index contributed by atoms with van der Waals surface area (Å²) in [5.74, 6) is 3.18. The zero-order valence-electron chi connectivity index (χ0n) is 13.3. The molecule has 1 atom stereocenters. The number of rotatable bonds is 3. The van der Waals surface area contributed by atoms with Gasteiger partial charge in [-0.3, -0.25) is 0 Å². The van der Waals surface area contributed by atoms with E-state index in [1.54, 1.807) is 0 Å². The summed E-state index contributed by atoms with van der Waals surface area (Å²) in [7, 11) is 0. The highest BCUT2D eigenvalue weighted by molar-refractivity contribution is 6.17. The molecule has 24 heavy (non-hydrogen) atoms. The Kier molecular flexibility index (Phi) is 3.10. The lowest BCUT2D eigenvalue weighted by atomic mass is 9.77. The van der Waals surface area contributed by atoms with Gasteiger partial charge in [-0.2, -0.15) is 0 Å².